The first-order valence-electron chi connectivity index (χ1n) is 5.79. The van der Waals surface area contributed by atoms with Gasteiger partial charge < -0.3 is 10.7 Å². The van der Waals surface area contributed by atoms with Crippen LogP contribution in [0.25, 0.3) is 22.3 Å². The van der Waals surface area contributed by atoms with Crippen LogP contribution < -0.4 is 11.3 Å². The molecule has 0 saturated carbocycles. The molecule has 104 valence electrons. The van der Waals surface area contributed by atoms with Gasteiger partial charge in [0.05, 0.1) is 12.5 Å². The van der Waals surface area contributed by atoms with E-state index in [9.17, 15) is 4.79 Å². The van der Waals surface area contributed by atoms with E-state index in [-0.39, 0.29) is 22.7 Å². The van der Waals surface area contributed by atoms with Crippen molar-refractivity contribution in [3.8, 4) is 0 Å². The monoisotopic (exact) mass is 283 g/mol. The molecule has 4 heterocycles. The highest BCUT2D eigenvalue weighted by atomic mass is 16.1. The molecule has 0 unspecified atom stereocenters. The van der Waals surface area contributed by atoms with Crippen molar-refractivity contribution in [2.24, 2.45) is 0 Å². The van der Waals surface area contributed by atoms with E-state index in [0.29, 0.717) is 5.65 Å². The molecule has 0 aliphatic heterocycles. The average Bonchev–Trinajstić information content (AvgIpc) is 2.96. The van der Waals surface area contributed by atoms with Gasteiger partial charge in [0.25, 0.3) is 5.56 Å². The van der Waals surface area contributed by atoms with Crippen molar-refractivity contribution in [2.45, 2.75) is 0 Å². The molecule has 10 nitrogen and oxygen atoms in total. The highest BCUT2D eigenvalue weighted by Gasteiger charge is 2.01. The number of imidazole rings is 1. The molecule has 4 rings (SSSR count). The summed E-state index contributed by atoms with van der Waals surface area (Å²) in [6.07, 6.45) is 7.64. The predicted molar refractivity (Wildman–Crippen MR) is 74.0 cm³/mol. The summed E-state index contributed by atoms with van der Waals surface area (Å²) in [5, 5.41) is 0. The molecule has 0 fully saturated rings. The Hall–Kier alpha value is -3.43. The maximum absolute atomic E-state index is 11.1. The van der Waals surface area contributed by atoms with Gasteiger partial charge in [-0.3, -0.25) is 9.78 Å². The second kappa shape index (κ2) is 5.28. The Labute approximate surface area is 116 Å². The molecular formula is C11H9N9O. The molecule has 4 N–H and O–H groups in total. The zero-order valence-electron chi connectivity index (χ0n) is 10.6. The van der Waals surface area contributed by atoms with Crippen molar-refractivity contribution >= 4 is 28.3 Å². The van der Waals surface area contributed by atoms with E-state index in [2.05, 4.69) is 39.9 Å². The number of aromatic nitrogens is 8. The summed E-state index contributed by atoms with van der Waals surface area (Å²) in [6, 6.07) is 0. The van der Waals surface area contributed by atoms with Gasteiger partial charge in [-0.2, -0.15) is 4.98 Å². The summed E-state index contributed by atoms with van der Waals surface area (Å²) in [5.74, 6) is 0.0491. The fourth-order valence-electron chi connectivity index (χ4n) is 1.58. The fraction of sp³-hybridized carbons (Fsp3) is 0. The summed E-state index contributed by atoms with van der Waals surface area (Å²) in [5.41, 5.74) is 6.97. The van der Waals surface area contributed by atoms with Crippen molar-refractivity contribution in [3.63, 3.8) is 0 Å². The molecule has 0 radical (unpaired) electrons. The van der Waals surface area contributed by atoms with Crippen LogP contribution in [-0.2, 0) is 0 Å². The van der Waals surface area contributed by atoms with Gasteiger partial charge in [-0.05, 0) is 0 Å². The number of nitrogens with one attached hydrogen (secondary N) is 2. The lowest BCUT2D eigenvalue weighted by Gasteiger charge is -1.94. The van der Waals surface area contributed by atoms with Gasteiger partial charge in [0.15, 0.2) is 16.8 Å². The van der Waals surface area contributed by atoms with Gasteiger partial charge in [0.1, 0.15) is 11.8 Å². The van der Waals surface area contributed by atoms with Crippen LogP contribution in [0.1, 0.15) is 0 Å². The quantitative estimate of drug-likeness (QED) is 0.396. The molecule has 4 aromatic heterocycles. The Morgan fingerprint density at radius 2 is 1.90 bits per heavy atom. The number of fused-ring (bicyclic) bond motifs is 2. The van der Waals surface area contributed by atoms with Crippen LogP contribution in [0.5, 0.6) is 0 Å². The lowest BCUT2D eigenvalue weighted by molar-refractivity contribution is 1.12. The molecule has 4 aromatic rings. The highest BCUT2D eigenvalue weighted by molar-refractivity contribution is 5.68. The molecule has 0 amide bonds. The third-order valence-electron chi connectivity index (χ3n) is 2.46. The molecule has 21 heavy (non-hydrogen) atoms. The Morgan fingerprint density at radius 1 is 1.05 bits per heavy atom. The van der Waals surface area contributed by atoms with Crippen LogP contribution in [0.15, 0.2) is 36.0 Å². The van der Waals surface area contributed by atoms with Crippen molar-refractivity contribution in [2.75, 3.05) is 5.73 Å². The van der Waals surface area contributed by atoms with Gasteiger partial charge in [-0.1, -0.05) is 0 Å². The van der Waals surface area contributed by atoms with E-state index in [1.165, 1.54) is 18.7 Å². The summed E-state index contributed by atoms with van der Waals surface area (Å²) < 4.78 is 0. The number of aromatic amines is 2. The number of nitrogen functional groups attached to an aromatic ring is 1. The highest BCUT2D eigenvalue weighted by Crippen LogP contribution is 1.99. The largest absolute Gasteiger partial charge is 0.369 e. The number of nitrogens with zero attached hydrogens (tertiary/aromatic N) is 6. The smallest absolute Gasteiger partial charge is 0.280 e. The first-order chi connectivity index (χ1) is 10.2. The first-order valence-corrected chi connectivity index (χ1v) is 5.79. The predicted octanol–water partition coefficient (Wildman–Crippen LogP) is -0.352. The number of H-pyrrole nitrogens is 2. The number of hydrogen-bond donors (Lipinski definition) is 3. The molecule has 0 aromatic carbocycles. The van der Waals surface area contributed by atoms with E-state index in [0.717, 1.165) is 5.52 Å². The lowest BCUT2D eigenvalue weighted by Crippen LogP contribution is -2.12. The van der Waals surface area contributed by atoms with Crippen LogP contribution in [-0.4, -0.2) is 39.9 Å². The normalized spacial score (nSPS) is 10.3. The topological polar surface area (TPSA) is 152 Å². The van der Waals surface area contributed by atoms with E-state index >= 15 is 0 Å². The zero-order valence-corrected chi connectivity index (χ0v) is 10.6. The third kappa shape index (κ3) is 2.63. The number of anilines is 1. The van der Waals surface area contributed by atoms with Gasteiger partial charge >= 0.3 is 0 Å². The fourth-order valence-corrected chi connectivity index (χ4v) is 1.58. The summed E-state index contributed by atoms with van der Waals surface area (Å²) in [7, 11) is 0. The minimum atomic E-state index is -0.370. The van der Waals surface area contributed by atoms with E-state index in [4.69, 9.17) is 5.73 Å². The molecule has 0 bridgehead atoms. The van der Waals surface area contributed by atoms with Gasteiger partial charge in [-0.15, -0.1) is 0 Å². The Balaban J connectivity index is 0.000000131. The Morgan fingerprint density at radius 3 is 2.76 bits per heavy atom. The summed E-state index contributed by atoms with van der Waals surface area (Å²) >= 11 is 0. The molecule has 0 aliphatic carbocycles. The van der Waals surface area contributed by atoms with Gasteiger partial charge in [0.2, 0.25) is 5.95 Å². The number of nitrogens with two attached hydrogens (primary N) is 1. The minimum absolute atomic E-state index is 0.0491. The molecule has 10 heteroatoms. The number of rotatable bonds is 0. The standard InChI is InChI=1S/C6H5N5O.C5H4N4/c7-6-10-4-3(5(12)11-6)8-1-2-9-4;1-4-5(8-2-6-1)9-3-7-4/h1-2H,(H3,7,9,10,11,12);1-3H,(H,6,7,8,9). The summed E-state index contributed by atoms with van der Waals surface area (Å²) in [4.78, 5) is 39.3. The van der Waals surface area contributed by atoms with E-state index in [1.54, 1.807) is 12.5 Å². The Kier molecular flexibility index (Phi) is 3.17. The summed E-state index contributed by atoms with van der Waals surface area (Å²) in [6.45, 7) is 0. The van der Waals surface area contributed by atoms with Crippen LogP contribution in [0.3, 0.4) is 0 Å². The van der Waals surface area contributed by atoms with Crippen molar-refractivity contribution < 1.29 is 0 Å². The van der Waals surface area contributed by atoms with Crippen LogP contribution >= 0.6 is 0 Å². The van der Waals surface area contributed by atoms with Crippen LogP contribution in [0.2, 0.25) is 0 Å². The van der Waals surface area contributed by atoms with Crippen LogP contribution in [0.4, 0.5) is 5.95 Å². The second-order valence-corrected chi connectivity index (χ2v) is 3.84. The maximum Gasteiger partial charge on any atom is 0.280 e. The lowest BCUT2D eigenvalue weighted by atomic mass is 10.5. The molecule has 0 atom stereocenters. The Bertz CT molecular complexity index is 915. The molecule has 0 spiro atoms. The van der Waals surface area contributed by atoms with E-state index in [1.807, 2.05) is 0 Å². The third-order valence-corrected chi connectivity index (χ3v) is 2.46. The minimum Gasteiger partial charge on any atom is -0.369 e. The van der Waals surface area contributed by atoms with Crippen molar-refractivity contribution in [1.29, 1.82) is 0 Å². The molecule has 0 saturated heterocycles. The second-order valence-electron chi connectivity index (χ2n) is 3.84. The maximum atomic E-state index is 11.1. The van der Waals surface area contributed by atoms with Crippen molar-refractivity contribution in [1.82, 2.24) is 39.9 Å². The average molecular weight is 283 g/mol. The SMILES string of the molecule is Nc1nc2nccnc2c(=O)[nH]1.c1ncc2[nH]cnc2n1. The molecular weight excluding hydrogens is 274 g/mol. The van der Waals surface area contributed by atoms with Crippen LogP contribution in [0, 0.1) is 0 Å². The molecule has 0 aliphatic rings. The van der Waals surface area contributed by atoms with E-state index < -0.39 is 0 Å². The van der Waals surface area contributed by atoms with Gasteiger partial charge in [-0.25, -0.2) is 24.9 Å². The van der Waals surface area contributed by atoms with Gasteiger partial charge in [0, 0.05) is 12.4 Å². The number of hydrogen-bond acceptors (Lipinski definition) is 8. The zero-order chi connectivity index (χ0) is 14.7. The first kappa shape index (κ1) is 12.6. The van der Waals surface area contributed by atoms with Crippen molar-refractivity contribution in [3.05, 3.63) is 41.6 Å².